The van der Waals surface area contributed by atoms with Crippen LogP contribution in [0.5, 0.6) is 0 Å². The Morgan fingerprint density at radius 2 is 1.83 bits per heavy atom. The number of rotatable bonds is 5. The molecule has 1 N–H and O–H groups in total. The zero-order valence-corrected chi connectivity index (χ0v) is 14.4. The van der Waals surface area contributed by atoms with Gasteiger partial charge in [0.2, 0.25) is 0 Å². The van der Waals surface area contributed by atoms with Crippen molar-refractivity contribution < 1.29 is 13.9 Å². The normalized spacial score (nSPS) is 22.8. The molecule has 0 saturated carbocycles. The Labute approximate surface area is 138 Å². The Kier molecular flexibility index (Phi) is 5.76. The third-order valence-electron chi connectivity index (χ3n) is 3.99. The first-order valence-corrected chi connectivity index (χ1v) is 8.17. The van der Waals surface area contributed by atoms with Crippen LogP contribution in [0.15, 0.2) is 24.3 Å². The van der Waals surface area contributed by atoms with E-state index < -0.39 is 11.6 Å². The molecular formula is C18H27FN2O2. The summed E-state index contributed by atoms with van der Waals surface area (Å²) in [5, 5.41) is 2.68. The van der Waals surface area contributed by atoms with Crippen LogP contribution in [0.4, 0.5) is 4.39 Å². The molecule has 1 aliphatic rings. The topological polar surface area (TPSA) is 41.6 Å². The van der Waals surface area contributed by atoms with Crippen molar-refractivity contribution in [1.29, 1.82) is 0 Å². The van der Waals surface area contributed by atoms with E-state index in [9.17, 15) is 9.18 Å². The van der Waals surface area contributed by atoms with E-state index in [1.807, 2.05) is 18.2 Å². The average Bonchev–Trinajstić information content (AvgIpc) is 2.44. The number of hydrogen-bond acceptors (Lipinski definition) is 3. The molecule has 2 atom stereocenters. The Morgan fingerprint density at radius 3 is 2.39 bits per heavy atom. The summed E-state index contributed by atoms with van der Waals surface area (Å²) >= 11 is 0. The van der Waals surface area contributed by atoms with E-state index >= 15 is 0 Å². The molecule has 4 nitrogen and oxygen atoms in total. The van der Waals surface area contributed by atoms with Gasteiger partial charge in [0.15, 0.2) is 5.67 Å². The van der Waals surface area contributed by atoms with Crippen LogP contribution in [0.1, 0.15) is 38.8 Å². The van der Waals surface area contributed by atoms with Gasteiger partial charge in [0.25, 0.3) is 5.91 Å². The van der Waals surface area contributed by atoms with Crippen molar-refractivity contribution in [2.24, 2.45) is 0 Å². The van der Waals surface area contributed by atoms with Gasteiger partial charge >= 0.3 is 0 Å². The minimum Gasteiger partial charge on any atom is -0.373 e. The Bertz CT molecular complexity index is 532. The number of carbonyl (C=O) groups is 1. The molecule has 23 heavy (non-hydrogen) atoms. The van der Waals surface area contributed by atoms with Gasteiger partial charge in [-0.25, -0.2) is 4.39 Å². The Balaban J connectivity index is 2.01. The SMILES string of the molecule is CC1CN(Cc2ccccc2CNC(=O)C(C)(C)F)CC(C)O1. The van der Waals surface area contributed by atoms with Crippen molar-refractivity contribution in [3.63, 3.8) is 0 Å². The number of amides is 1. The second-order valence-corrected chi connectivity index (χ2v) is 6.88. The molecule has 0 radical (unpaired) electrons. The highest BCUT2D eigenvalue weighted by molar-refractivity contribution is 5.84. The van der Waals surface area contributed by atoms with Crippen molar-refractivity contribution in [3.8, 4) is 0 Å². The van der Waals surface area contributed by atoms with Gasteiger partial charge in [-0.05, 0) is 38.8 Å². The van der Waals surface area contributed by atoms with Crippen LogP contribution in [0.2, 0.25) is 0 Å². The van der Waals surface area contributed by atoms with E-state index in [1.165, 1.54) is 13.8 Å². The van der Waals surface area contributed by atoms with E-state index in [0.717, 1.165) is 30.8 Å². The lowest BCUT2D eigenvalue weighted by Crippen LogP contribution is -2.45. The first-order valence-electron chi connectivity index (χ1n) is 8.17. The third-order valence-corrected chi connectivity index (χ3v) is 3.99. The van der Waals surface area contributed by atoms with Crippen LogP contribution in [0.3, 0.4) is 0 Å². The van der Waals surface area contributed by atoms with E-state index in [1.54, 1.807) is 0 Å². The van der Waals surface area contributed by atoms with E-state index in [-0.39, 0.29) is 12.2 Å². The minimum absolute atomic E-state index is 0.220. The number of benzene rings is 1. The molecule has 0 aliphatic carbocycles. The highest BCUT2D eigenvalue weighted by Gasteiger charge is 2.26. The quantitative estimate of drug-likeness (QED) is 0.906. The fourth-order valence-corrected chi connectivity index (χ4v) is 2.92. The lowest BCUT2D eigenvalue weighted by atomic mass is 10.1. The maximum Gasteiger partial charge on any atom is 0.257 e. The molecular weight excluding hydrogens is 295 g/mol. The summed E-state index contributed by atoms with van der Waals surface area (Å²) in [6.07, 6.45) is 0.441. The second-order valence-electron chi connectivity index (χ2n) is 6.88. The first kappa shape index (κ1) is 17.9. The van der Waals surface area contributed by atoms with Gasteiger partial charge in [-0.1, -0.05) is 24.3 Å². The van der Waals surface area contributed by atoms with E-state index in [2.05, 4.69) is 30.1 Å². The summed E-state index contributed by atoms with van der Waals surface area (Å²) in [6, 6.07) is 7.98. The number of ether oxygens (including phenoxy) is 1. The summed E-state index contributed by atoms with van der Waals surface area (Å²) in [7, 11) is 0. The largest absolute Gasteiger partial charge is 0.373 e. The van der Waals surface area contributed by atoms with Gasteiger partial charge in [0, 0.05) is 26.2 Å². The summed E-state index contributed by atoms with van der Waals surface area (Å²) in [5.41, 5.74) is 0.326. The molecule has 1 aliphatic heterocycles. The van der Waals surface area contributed by atoms with Crippen molar-refractivity contribution in [1.82, 2.24) is 10.2 Å². The smallest absolute Gasteiger partial charge is 0.257 e. The predicted molar refractivity (Wildman–Crippen MR) is 88.8 cm³/mol. The van der Waals surface area contributed by atoms with Crippen molar-refractivity contribution >= 4 is 5.91 Å². The molecule has 1 heterocycles. The lowest BCUT2D eigenvalue weighted by molar-refractivity contribution is -0.130. The maximum atomic E-state index is 13.6. The van der Waals surface area contributed by atoms with Gasteiger partial charge in [0.1, 0.15) is 0 Å². The first-order chi connectivity index (χ1) is 10.8. The van der Waals surface area contributed by atoms with Gasteiger partial charge in [0.05, 0.1) is 12.2 Å². The number of morpholine rings is 1. The summed E-state index contributed by atoms with van der Waals surface area (Å²) in [5.74, 6) is -0.582. The van der Waals surface area contributed by atoms with Crippen molar-refractivity contribution in [2.75, 3.05) is 13.1 Å². The summed E-state index contributed by atoms with van der Waals surface area (Å²) in [4.78, 5) is 14.1. The molecule has 1 fully saturated rings. The molecule has 2 unspecified atom stereocenters. The molecule has 5 heteroatoms. The molecule has 2 rings (SSSR count). The molecule has 1 aromatic carbocycles. The maximum absolute atomic E-state index is 13.6. The van der Waals surface area contributed by atoms with Crippen LogP contribution >= 0.6 is 0 Å². The van der Waals surface area contributed by atoms with Crippen molar-refractivity contribution in [2.45, 2.75) is 58.7 Å². The standard InChI is InChI=1S/C18H27FN2O2/c1-13-10-21(11-14(2)23-13)12-16-8-6-5-7-15(16)9-20-17(22)18(3,4)19/h5-8,13-14H,9-12H2,1-4H3,(H,20,22). The van der Waals surface area contributed by atoms with Crippen LogP contribution in [0.25, 0.3) is 0 Å². The number of carbonyl (C=O) groups excluding carboxylic acids is 1. The van der Waals surface area contributed by atoms with Crippen LogP contribution in [-0.4, -0.2) is 41.8 Å². The van der Waals surface area contributed by atoms with Gasteiger partial charge in [-0.15, -0.1) is 0 Å². The fourth-order valence-electron chi connectivity index (χ4n) is 2.92. The number of alkyl halides is 1. The van der Waals surface area contributed by atoms with Gasteiger partial charge in [-0.3, -0.25) is 9.69 Å². The Hall–Kier alpha value is -1.46. The molecule has 1 saturated heterocycles. The summed E-state index contributed by atoms with van der Waals surface area (Å²) in [6.45, 7) is 9.64. The molecule has 0 bridgehead atoms. The number of halogens is 1. The molecule has 128 valence electrons. The zero-order valence-electron chi connectivity index (χ0n) is 14.4. The average molecular weight is 322 g/mol. The number of nitrogens with one attached hydrogen (secondary N) is 1. The molecule has 0 spiro atoms. The fraction of sp³-hybridized carbons (Fsp3) is 0.611. The summed E-state index contributed by atoms with van der Waals surface area (Å²) < 4.78 is 19.4. The van der Waals surface area contributed by atoms with Gasteiger partial charge < -0.3 is 10.1 Å². The van der Waals surface area contributed by atoms with E-state index in [0.29, 0.717) is 6.54 Å². The number of hydrogen-bond donors (Lipinski definition) is 1. The molecule has 1 amide bonds. The van der Waals surface area contributed by atoms with Crippen molar-refractivity contribution in [3.05, 3.63) is 35.4 Å². The molecule has 0 aromatic heterocycles. The number of nitrogens with zero attached hydrogens (tertiary/aromatic N) is 1. The zero-order chi connectivity index (χ0) is 17.0. The predicted octanol–water partition coefficient (Wildman–Crippen LogP) is 2.66. The van der Waals surface area contributed by atoms with Gasteiger partial charge in [-0.2, -0.15) is 0 Å². The van der Waals surface area contributed by atoms with Crippen LogP contribution in [0, 0.1) is 0 Å². The van der Waals surface area contributed by atoms with Crippen LogP contribution in [-0.2, 0) is 22.6 Å². The second kappa shape index (κ2) is 7.41. The third kappa shape index (κ3) is 5.29. The monoisotopic (exact) mass is 322 g/mol. The highest BCUT2D eigenvalue weighted by Crippen LogP contribution is 2.17. The highest BCUT2D eigenvalue weighted by atomic mass is 19.1. The minimum atomic E-state index is -1.86. The molecule has 1 aromatic rings. The lowest BCUT2D eigenvalue weighted by Gasteiger charge is -2.35. The van der Waals surface area contributed by atoms with E-state index in [4.69, 9.17) is 4.74 Å². The van der Waals surface area contributed by atoms with Crippen LogP contribution < -0.4 is 5.32 Å². The Morgan fingerprint density at radius 1 is 1.26 bits per heavy atom.